The lowest BCUT2D eigenvalue weighted by Gasteiger charge is -2.24. The molecule has 0 radical (unpaired) electrons. The normalized spacial score (nSPS) is 10.3. The summed E-state index contributed by atoms with van der Waals surface area (Å²) in [4.78, 5) is 6.47. The molecule has 0 unspecified atom stereocenters. The SMILES string of the molecule is CCCCN(CC)c1ccncc1CN. The molecule has 0 aromatic carbocycles. The predicted molar refractivity (Wildman–Crippen MR) is 64.9 cm³/mol. The Morgan fingerprint density at radius 3 is 2.80 bits per heavy atom. The van der Waals surface area contributed by atoms with Crippen LogP contribution in [-0.2, 0) is 6.54 Å². The highest BCUT2D eigenvalue weighted by Crippen LogP contribution is 2.18. The van der Waals surface area contributed by atoms with Crippen LogP contribution in [-0.4, -0.2) is 18.1 Å². The van der Waals surface area contributed by atoms with E-state index in [0.717, 1.165) is 18.7 Å². The smallest absolute Gasteiger partial charge is 0.0442 e. The highest BCUT2D eigenvalue weighted by molar-refractivity contribution is 5.52. The van der Waals surface area contributed by atoms with Crippen molar-refractivity contribution in [2.24, 2.45) is 5.73 Å². The highest BCUT2D eigenvalue weighted by Gasteiger charge is 2.07. The fourth-order valence-corrected chi connectivity index (χ4v) is 1.68. The van der Waals surface area contributed by atoms with Crippen molar-refractivity contribution in [3.8, 4) is 0 Å². The highest BCUT2D eigenvalue weighted by atomic mass is 15.1. The lowest BCUT2D eigenvalue weighted by atomic mass is 10.2. The number of nitrogens with zero attached hydrogens (tertiary/aromatic N) is 2. The van der Waals surface area contributed by atoms with Crippen LogP contribution in [0.5, 0.6) is 0 Å². The Morgan fingerprint density at radius 1 is 1.40 bits per heavy atom. The van der Waals surface area contributed by atoms with Crippen LogP contribution in [0.15, 0.2) is 18.5 Å². The summed E-state index contributed by atoms with van der Waals surface area (Å²) in [5.74, 6) is 0. The van der Waals surface area contributed by atoms with Gasteiger partial charge in [0.15, 0.2) is 0 Å². The zero-order valence-electron chi connectivity index (χ0n) is 9.74. The molecular weight excluding hydrogens is 186 g/mol. The first-order valence-electron chi connectivity index (χ1n) is 5.71. The molecule has 0 saturated heterocycles. The van der Waals surface area contributed by atoms with Crippen LogP contribution in [0.2, 0.25) is 0 Å². The molecule has 15 heavy (non-hydrogen) atoms. The summed E-state index contributed by atoms with van der Waals surface area (Å²) in [5.41, 5.74) is 8.08. The molecule has 0 atom stereocenters. The maximum absolute atomic E-state index is 5.71. The first-order valence-corrected chi connectivity index (χ1v) is 5.71. The minimum absolute atomic E-state index is 0.561. The third-order valence-electron chi connectivity index (χ3n) is 2.60. The number of pyridine rings is 1. The summed E-state index contributed by atoms with van der Waals surface area (Å²) in [7, 11) is 0. The topological polar surface area (TPSA) is 42.2 Å². The van der Waals surface area contributed by atoms with Crippen molar-refractivity contribution < 1.29 is 0 Å². The van der Waals surface area contributed by atoms with Gasteiger partial charge in [-0.05, 0) is 19.4 Å². The standard InChI is InChI=1S/C12H21N3/c1-3-5-8-15(4-2)12-6-7-14-10-11(12)9-13/h6-7,10H,3-5,8-9,13H2,1-2H3. The van der Waals surface area contributed by atoms with Crippen LogP contribution in [0, 0.1) is 0 Å². The van der Waals surface area contributed by atoms with E-state index in [1.165, 1.54) is 18.5 Å². The van der Waals surface area contributed by atoms with Gasteiger partial charge < -0.3 is 10.6 Å². The molecule has 1 heterocycles. The molecule has 2 N–H and O–H groups in total. The maximum atomic E-state index is 5.71. The first kappa shape index (κ1) is 12.0. The van der Waals surface area contributed by atoms with Crippen LogP contribution in [0.3, 0.4) is 0 Å². The number of hydrogen-bond donors (Lipinski definition) is 1. The molecule has 1 rings (SSSR count). The van der Waals surface area contributed by atoms with E-state index in [-0.39, 0.29) is 0 Å². The molecule has 0 aliphatic heterocycles. The number of aromatic nitrogens is 1. The third-order valence-corrected chi connectivity index (χ3v) is 2.60. The zero-order chi connectivity index (χ0) is 11.1. The first-order chi connectivity index (χ1) is 7.33. The van der Waals surface area contributed by atoms with Gasteiger partial charge in [-0.25, -0.2) is 0 Å². The second-order valence-electron chi connectivity index (χ2n) is 3.64. The summed E-state index contributed by atoms with van der Waals surface area (Å²) in [6.45, 7) is 7.08. The van der Waals surface area contributed by atoms with Crippen LogP contribution in [0.4, 0.5) is 5.69 Å². The van der Waals surface area contributed by atoms with Crippen molar-refractivity contribution in [3.05, 3.63) is 24.0 Å². The zero-order valence-corrected chi connectivity index (χ0v) is 9.74. The number of hydrogen-bond acceptors (Lipinski definition) is 3. The van der Waals surface area contributed by atoms with E-state index in [1.54, 1.807) is 0 Å². The van der Waals surface area contributed by atoms with Gasteiger partial charge in [0, 0.05) is 43.3 Å². The minimum Gasteiger partial charge on any atom is -0.371 e. The van der Waals surface area contributed by atoms with Gasteiger partial charge in [-0.3, -0.25) is 4.98 Å². The van der Waals surface area contributed by atoms with Crippen molar-refractivity contribution in [2.75, 3.05) is 18.0 Å². The molecule has 0 bridgehead atoms. The number of nitrogens with two attached hydrogens (primary N) is 1. The molecule has 3 nitrogen and oxygen atoms in total. The van der Waals surface area contributed by atoms with E-state index < -0.39 is 0 Å². The van der Waals surface area contributed by atoms with Crippen LogP contribution < -0.4 is 10.6 Å². The van der Waals surface area contributed by atoms with E-state index in [0.29, 0.717) is 6.54 Å². The molecule has 3 heteroatoms. The molecule has 0 saturated carbocycles. The Morgan fingerprint density at radius 2 is 2.20 bits per heavy atom. The van der Waals surface area contributed by atoms with Gasteiger partial charge in [-0.15, -0.1) is 0 Å². The minimum atomic E-state index is 0.561. The second kappa shape index (κ2) is 6.40. The fraction of sp³-hybridized carbons (Fsp3) is 0.583. The van der Waals surface area contributed by atoms with Crippen molar-refractivity contribution in [1.82, 2.24) is 4.98 Å². The van der Waals surface area contributed by atoms with Crippen molar-refractivity contribution in [3.63, 3.8) is 0 Å². The van der Waals surface area contributed by atoms with E-state index in [1.807, 2.05) is 12.4 Å². The maximum Gasteiger partial charge on any atom is 0.0442 e. The average Bonchev–Trinajstić information content (AvgIpc) is 2.30. The summed E-state index contributed by atoms with van der Waals surface area (Å²) >= 11 is 0. The summed E-state index contributed by atoms with van der Waals surface area (Å²) in [6, 6.07) is 2.06. The Balaban J connectivity index is 2.80. The fourth-order valence-electron chi connectivity index (χ4n) is 1.68. The second-order valence-corrected chi connectivity index (χ2v) is 3.64. The average molecular weight is 207 g/mol. The van der Waals surface area contributed by atoms with Gasteiger partial charge in [0.25, 0.3) is 0 Å². The Kier molecular flexibility index (Phi) is 5.12. The van der Waals surface area contributed by atoms with Crippen molar-refractivity contribution >= 4 is 5.69 Å². The van der Waals surface area contributed by atoms with E-state index in [9.17, 15) is 0 Å². The molecule has 0 spiro atoms. The molecule has 1 aromatic heterocycles. The molecule has 0 aliphatic carbocycles. The number of anilines is 1. The molecule has 1 aromatic rings. The number of unbranched alkanes of at least 4 members (excludes halogenated alkanes) is 1. The van der Waals surface area contributed by atoms with Gasteiger partial charge in [0.1, 0.15) is 0 Å². The Hall–Kier alpha value is -1.09. The molecular formula is C12H21N3. The lowest BCUT2D eigenvalue weighted by molar-refractivity contribution is 0.728. The van der Waals surface area contributed by atoms with Gasteiger partial charge in [0.05, 0.1) is 0 Å². The monoisotopic (exact) mass is 207 g/mol. The Bertz CT molecular complexity index is 286. The quantitative estimate of drug-likeness (QED) is 0.777. The summed E-state index contributed by atoms with van der Waals surface area (Å²) in [5, 5.41) is 0. The van der Waals surface area contributed by atoms with Crippen LogP contribution in [0.1, 0.15) is 32.3 Å². The van der Waals surface area contributed by atoms with Crippen LogP contribution >= 0.6 is 0 Å². The van der Waals surface area contributed by atoms with Gasteiger partial charge in [-0.2, -0.15) is 0 Å². The van der Waals surface area contributed by atoms with E-state index in [2.05, 4.69) is 29.8 Å². The summed E-state index contributed by atoms with van der Waals surface area (Å²) in [6.07, 6.45) is 6.15. The van der Waals surface area contributed by atoms with Crippen LogP contribution in [0.25, 0.3) is 0 Å². The number of rotatable bonds is 6. The Labute approximate surface area is 92.3 Å². The van der Waals surface area contributed by atoms with Crippen molar-refractivity contribution in [2.45, 2.75) is 33.2 Å². The van der Waals surface area contributed by atoms with E-state index in [4.69, 9.17) is 5.73 Å². The lowest BCUT2D eigenvalue weighted by Crippen LogP contribution is -2.25. The van der Waals surface area contributed by atoms with Gasteiger partial charge in [-0.1, -0.05) is 13.3 Å². The largest absolute Gasteiger partial charge is 0.371 e. The molecule has 0 fully saturated rings. The third kappa shape index (κ3) is 3.20. The van der Waals surface area contributed by atoms with Gasteiger partial charge in [0.2, 0.25) is 0 Å². The van der Waals surface area contributed by atoms with Gasteiger partial charge >= 0.3 is 0 Å². The molecule has 0 amide bonds. The summed E-state index contributed by atoms with van der Waals surface area (Å²) < 4.78 is 0. The predicted octanol–water partition coefficient (Wildman–Crippen LogP) is 2.17. The molecule has 84 valence electrons. The van der Waals surface area contributed by atoms with Crippen molar-refractivity contribution in [1.29, 1.82) is 0 Å². The molecule has 0 aliphatic rings. The van der Waals surface area contributed by atoms with E-state index >= 15 is 0 Å².